The quantitative estimate of drug-likeness (QED) is 0.209. The van der Waals surface area contributed by atoms with Gasteiger partial charge in [-0.25, -0.2) is 4.98 Å². The zero-order valence-electron chi connectivity index (χ0n) is 20.6. The Morgan fingerprint density at radius 3 is 2.08 bits per heavy atom. The number of esters is 1. The average molecular weight is 588 g/mol. The van der Waals surface area contributed by atoms with Crippen molar-refractivity contribution in [3.63, 3.8) is 0 Å². The molecular formula is C26H20ClF6N3O4. The normalized spacial score (nSPS) is 11.7. The van der Waals surface area contributed by atoms with E-state index in [1.807, 2.05) is 0 Å². The number of aromatic nitrogens is 1. The molecule has 0 unspecified atom stereocenters. The number of halogens is 7. The molecule has 0 atom stereocenters. The Kier molecular flexibility index (Phi) is 9.08. The fraction of sp³-hybridized carbons (Fsp3) is 0.231. The van der Waals surface area contributed by atoms with Crippen LogP contribution in [0.25, 0.3) is 11.1 Å². The van der Waals surface area contributed by atoms with Gasteiger partial charge in [-0.2, -0.15) is 26.3 Å². The molecule has 2 amide bonds. The Morgan fingerprint density at radius 1 is 0.925 bits per heavy atom. The zero-order chi connectivity index (χ0) is 29.8. The maximum absolute atomic E-state index is 13.4. The fourth-order valence-corrected chi connectivity index (χ4v) is 4.03. The van der Waals surface area contributed by atoms with Crippen molar-refractivity contribution in [2.45, 2.75) is 32.4 Å². The number of pyridine rings is 1. The number of nitrogens with zero attached hydrogens (tertiary/aromatic N) is 2. The molecule has 0 fully saturated rings. The minimum atomic E-state index is -5.11. The Bertz CT molecular complexity index is 1410. The first kappa shape index (κ1) is 30.4. The van der Waals surface area contributed by atoms with Crippen LogP contribution in [0.5, 0.6) is 0 Å². The number of hydrogen-bond donors (Lipinski definition) is 1. The van der Waals surface area contributed by atoms with Crippen LogP contribution in [0.4, 0.5) is 26.3 Å². The van der Waals surface area contributed by atoms with Crippen molar-refractivity contribution in [3.05, 3.63) is 87.7 Å². The third kappa shape index (κ3) is 7.50. The lowest BCUT2D eigenvalue weighted by molar-refractivity contribution is -0.150. The minimum Gasteiger partial charge on any atom is -0.456 e. The molecule has 0 aliphatic carbocycles. The molecule has 3 aromatic rings. The van der Waals surface area contributed by atoms with E-state index in [2.05, 4.69) is 4.98 Å². The lowest BCUT2D eigenvalue weighted by Crippen LogP contribution is -2.34. The molecule has 0 spiro atoms. The summed E-state index contributed by atoms with van der Waals surface area (Å²) in [7, 11) is 0. The van der Waals surface area contributed by atoms with Gasteiger partial charge in [-0.1, -0.05) is 29.8 Å². The van der Waals surface area contributed by atoms with Crippen LogP contribution in [0.15, 0.2) is 54.7 Å². The number of ether oxygens (including phenoxy) is 1. The Balaban J connectivity index is 2.13. The minimum absolute atomic E-state index is 0.0363. The number of primary amides is 1. The van der Waals surface area contributed by atoms with E-state index in [0.717, 1.165) is 11.8 Å². The van der Waals surface area contributed by atoms with Gasteiger partial charge >= 0.3 is 18.3 Å². The third-order valence-corrected chi connectivity index (χ3v) is 5.93. The number of amides is 2. The molecule has 7 nitrogen and oxygen atoms in total. The summed E-state index contributed by atoms with van der Waals surface area (Å²) in [5, 5.41) is -0.165. The molecular weight excluding hydrogens is 568 g/mol. The van der Waals surface area contributed by atoms with E-state index < -0.39 is 66.5 Å². The number of alkyl halides is 6. The number of benzene rings is 2. The van der Waals surface area contributed by atoms with Crippen LogP contribution in [0.1, 0.15) is 39.5 Å². The van der Waals surface area contributed by atoms with Gasteiger partial charge in [0.1, 0.15) is 5.15 Å². The molecule has 1 heterocycles. The first-order valence-electron chi connectivity index (χ1n) is 11.3. The van der Waals surface area contributed by atoms with Crippen molar-refractivity contribution in [1.29, 1.82) is 0 Å². The van der Waals surface area contributed by atoms with Crippen LogP contribution in [0, 0.1) is 0 Å². The molecule has 0 bridgehead atoms. The third-order valence-electron chi connectivity index (χ3n) is 5.61. The van der Waals surface area contributed by atoms with Crippen molar-refractivity contribution >= 4 is 29.4 Å². The maximum Gasteiger partial charge on any atom is 0.416 e. The molecule has 0 radical (unpaired) electrons. The highest BCUT2D eigenvalue weighted by Gasteiger charge is 2.37. The monoisotopic (exact) mass is 587 g/mol. The molecule has 0 saturated carbocycles. The van der Waals surface area contributed by atoms with E-state index >= 15 is 0 Å². The molecule has 0 aliphatic rings. The van der Waals surface area contributed by atoms with E-state index in [-0.39, 0.29) is 27.9 Å². The van der Waals surface area contributed by atoms with Gasteiger partial charge < -0.3 is 15.4 Å². The first-order valence-corrected chi connectivity index (χ1v) is 11.7. The highest BCUT2D eigenvalue weighted by Crippen LogP contribution is 2.37. The zero-order valence-corrected chi connectivity index (χ0v) is 21.3. The molecule has 212 valence electrons. The molecule has 3 rings (SSSR count). The predicted octanol–water partition coefficient (Wildman–Crippen LogP) is 5.63. The van der Waals surface area contributed by atoms with Crippen LogP contribution in [0.2, 0.25) is 5.15 Å². The van der Waals surface area contributed by atoms with E-state index in [9.17, 15) is 40.7 Å². The summed E-state index contributed by atoms with van der Waals surface area (Å²) in [6.07, 6.45) is -8.92. The highest BCUT2D eigenvalue weighted by molar-refractivity contribution is 6.30. The SMILES string of the molecule is CC(=O)OCC(=O)N(Cc1cc(C(F)(F)F)cc(C(F)(F)F)c1)Cc1c(-c2ccccc2C(N)=O)ccnc1Cl. The molecule has 0 saturated heterocycles. The van der Waals surface area contributed by atoms with Crippen LogP contribution in [-0.4, -0.2) is 34.3 Å². The van der Waals surface area contributed by atoms with Gasteiger partial charge in [-0.15, -0.1) is 0 Å². The number of carbonyl (C=O) groups excluding carboxylic acids is 3. The summed E-state index contributed by atoms with van der Waals surface area (Å²) in [6, 6.07) is 8.47. The van der Waals surface area contributed by atoms with Crippen molar-refractivity contribution in [2.24, 2.45) is 5.73 Å². The Labute approximate surface area is 228 Å². The van der Waals surface area contributed by atoms with Gasteiger partial charge in [0.2, 0.25) is 5.91 Å². The first-order chi connectivity index (χ1) is 18.6. The molecule has 1 aromatic heterocycles. The molecule has 14 heteroatoms. The summed E-state index contributed by atoms with van der Waals surface area (Å²) in [5.41, 5.74) is 2.59. The second-order valence-corrected chi connectivity index (χ2v) is 8.84. The second-order valence-electron chi connectivity index (χ2n) is 8.48. The van der Waals surface area contributed by atoms with Gasteiger partial charge in [-0.05, 0) is 47.0 Å². The van der Waals surface area contributed by atoms with Gasteiger partial charge in [0.25, 0.3) is 5.91 Å². The lowest BCUT2D eigenvalue weighted by atomic mass is 9.96. The number of hydrogen-bond acceptors (Lipinski definition) is 5. The summed E-state index contributed by atoms with van der Waals surface area (Å²) in [4.78, 5) is 41.1. The van der Waals surface area contributed by atoms with Gasteiger partial charge in [0, 0.05) is 37.3 Å². The van der Waals surface area contributed by atoms with Gasteiger partial charge in [-0.3, -0.25) is 14.4 Å². The van der Waals surface area contributed by atoms with Crippen molar-refractivity contribution < 1.29 is 45.5 Å². The summed E-state index contributed by atoms with van der Waals surface area (Å²) >= 11 is 6.31. The van der Waals surface area contributed by atoms with E-state index in [0.29, 0.717) is 17.7 Å². The number of nitrogens with two attached hydrogens (primary N) is 1. The summed E-state index contributed by atoms with van der Waals surface area (Å²) < 4.78 is 85.2. The van der Waals surface area contributed by atoms with Crippen LogP contribution in [-0.2, 0) is 39.8 Å². The predicted molar refractivity (Wildman–Crippen MR) is 131 cm³/mol. The second kappa shape index (κ2) is 11.9. The van der Waals surface area contributed by atoms with Crippen LogP contribution < -0.4 is 5.73 Å². The van der Waals surface area contributed by atoms with E-state index in [1.54, 1.807) is 12.1 Å². The maximum atomic E-state index is 13.4. The Hall–Kier alpha value is -4.13. The highest BCUT2D eigenvalue weighted by atomic mass is 35.5. The van der Waals surface area contributed by atoms with Gasteiger partial charge in [0.05, 0.1) is 11.1 Å². The smallest absolute Gasteiger partial charge is 0.416 e. The van der Waals surface area contributed by atoms with Crippen LogP contribution in [0.3, 0.4) is 0 Å². The van der Waals surface area contributed by atoms with Crippen molar-refractivity contribution in [1.82, 2.24) is 9.88 Å². The number of rotatable bonds is 8. The fourth-order valence-electron chi connectivity index (χ4n) is 3.81. The number of carbonyl (C=O) groups is 3. The lowest BCUT2D eigenvalue weighted by Gasteiger charge is -2.25. The van der Waals surface area contributed by atoms with Gasteiger partial charge in [0.15, 0.2) is 6.61 Å². The summed E-state index contributed by atoms with van der Waals surface area (Å²) in [5.74, 6) is -2.58. The van der Waals surface area contributed by atoms with Crippen LogP contribution >= 0.6 is 11.6 Å². The van der Waals surface area contributed by atoms with E-state index in [4.69, 9.17) is 22.1 Å². The molecule has 2 aromatic carbocycles. The van der Waals surface area contributed by atoms with Crippen molar-refractivity contribution in [2.75, 3.05) is 6.61 Å². The molecule has 2 N–H and O–H groups in total. The standard InChI is InChI=1S/C26H20ClF6N3O4/c1-14(37)40-13-22(38)36(11-15-8-16(25(28,29)30)10-17(9-15)26(31,32)33)12-21-19(6-7-35-23(21)27)18-4-2-3-5-20(18)24(34)39/h2-10H,11-13H2,1H3,(H2,34,39). The topological polar surface area (TPSA) is 103 Å². The summed E-state index contributed by atoms with van der Waals surface area (Å²) in [6.45, 7) is -1.09. The molecule has 40 heavy (non-hydrogen) atoms. The average Bonchev–Trinajstić information content (AvgIpc) is 2.86. The molecule has 0 aliphatic heterocycles. The van der Waals surface area contributed by atoms with Crippen molar-refractivity contribution in [3.8, 4) is 11.1 Å². The Morgan fingerprint density at radius 2 is 1.52 bits per heavy atom. The largest absolute Gasteiger partial charge is 0.456 e. The van der Waals surface area contributed by atoms with E-state index in [1.165, 1.54) is 24.4 Å².